The van der Waals surface area contributed by atoms with Gasteiger partial charge in [0, 0.05) is 6.54 Å². The Morgan fingerprint density at radius 3 is 2.93 bits per heavy atom. The molecule has 15 heavy (non-hydrogen) atoms. The first-order chi connectivity index (χ1) is 7.24. The molecule has 0 saturated heterocycles. The van der Waals surface area contributed by atoms with Crippen LogP contribution in [-0.4, -0.2) is 22.7 Å². The van der Waals surface area contributed by atoms with Crippen LogP contribution in [0.15, 0.2) is 22.8 Å². The van der Waals surface area contributed by atoms with E-state index in [9.17, 15) is 0 Å². The molecular formula is C11H15BrN2O. The van der Waals surface area contributed by atoms with Gasteiger partial charge < -0.3 is 10.4 Å². The molecule has 0 atom stereocenters. The van der Waals surface area contributed by atoms with Gasteiger partial charge in [0.2, 0.25) is 0 Å². The molecule has 1 saturated carbocycles. The molecule has 1 aromatic rings. The Hall–Kier alpha value is -0.450. The van der Waals surface area contributed by atoms with Crippen molar-refractivity contribution in [1.29, 1.82) is 0 Å². The number of hydrogen-bond donors (Lipinski definition) is 2. The number of aliphatic hydroxyl groups excluding tert-OH is 1. The molecule has 2 N–H and O–H groups in total. The Labute approximate surface area is 98.0 Å². The Morgan fingerprint density at radius 2 is 2.27 bits per heavy atom. The SMILES string of the molecule is OC1CC(CNCc2cccc(Br)n2)C1. The summed E-state index contributed by atoms with van der Waals surface area (Å²) in [5.74, 6) is 0.646. The van der Waals surface area contributed by atoms with Crippen molar-refractivity contribution in [3.63, 3.8) is 0 Å². The van der Waals surface area contributed by atoms with E-state index in [0.717, 1.165) is 36.2 Å². The topological polar surface area (TPSA) is 45.1 Å². The average Bonchev–Trinajstić information content (AvgIpc) is 2.15. The second-order valence-electron chi connectivity index (χ2n) is 4.07. The molecule has 0 spiro atoms. The maximum absolute atomic E-state index is 9.12. The Morgan fingerprint density at radius 1 is 1.47 bits per heavy atom. The minimum atomic E-state index is -0.0548. The molecular weight excluding hydrogens is 256 g/mol. The molecule has 3 nitrogen and oxygen atoms in total. The van der Waals surface area contributed by atoms with E-state index in [0.29, 0.717) is 5.92 Å². The number of pyridine rings is 1. The Balaban J connectivity index is 1.69. The van der Waals surface area contributed by atoms with Crippen LogP contribution in [0.5, 0.6) is 0 Å². The third-order valence-electron chi connectivity index (χ3n) is 2.72. The number of aromatic nitrogens is 1. The van der Waals surface area contributed by atoms with Crippen molar-refractivity contribution < 1.29 is 5.11 Å². The molecule has 0 amide bonds. The fourth-order valence-corrected chi connectivity index (χ4v) is 2.20. The van der Waals surface area contributed by atoms with E-state index in [2.05, 4.69) is 26.2 Å². The van der Waals surface area contributed by atoms with Crippen LogP contribution in [0.4, 0.5) is 0 Å². The zero-order valence-corrected chi connectivity index (χ0v) is 10.1. The zero-order chi connectivity index (χ0) is 10.7. The molecule has 1 aliphatic rings. The quantitative estimate of drug-likeness (QED) is 0.819. The number of rotatable bonds is 4. The highest BCUT2D eigenvalue weighted by Crippen LogP contribution is 2.26. The smallest absolute Gasteiger partial charge is 0.106 e. The second kappa shape index (κ2) is 5.05. The number of hydrogen-bond acceptors (Lipinski definition) is 3. The lowest BCUT2D eigenvalue weighted by atomic mass is 9.82. The van der Waals surface area contributed by atoms with Gasteiger partial charge in [-0.15, -0.1) is 0 Å². The normalized spacial score (nSPS) is 24.9. The lowest BCUT2D eigenvalue weighted by Gasteiger charge is -2.31. The van der Waals surface area contributed by atoms with E-state index >= 15 is 0 Å². The number of nitrogens with one attached hydrogen (secondary N) is 1. The third-order valence-corrected chi connectivity index (χ3v) is 3.16. The monoisotopic (exact) mass is 270 g/mol. The minimum absolute atomic E-state index is 0.0548. The van der Waals surface area contributed by atoms with Crippen LogP contribution < -0.4 is 5.32 Å². The van der Waals surface area contributed by atoms with E-state index in [1.54, 1.807) is 0 Å². The van der Waals surface area contributed by atoms with E-state index in [1.807, 2.05) is 18.2 Å². The molecule has 1 heterocycles. The minimum Gasteiger partial charge on any atom is -0.393 e. The Kier molecular flexibility index (Phi) is 3.72. The summed E-state index contributed by atoms with van der Waals surface area (Å²) in [6.07, 6.45) is 1.83. The van der Waals surface area contributed by atoms with Gasteiger partial charge in [0.1, 0.15) is 4.60 Å². The molecule has 4 heteroatoms. The molecule has 0 bridgehead atoms. The Bertz CT molecular complexity index is 326. The van der Waals surface area contributed by atoms with Crippen LogP contribution >= 0.6 is 15.9 Å². The summed E-state index contributed by atoms with van der Waals surface area (Å²) in [4.78, 5) is 4.33. The van der Waals surface area contributed by atoms with Gasteiger partial charge in [0.25, 0.3) is 0 Å². The van der Waals surface area contributed by atoms with E-state index in [1.165, 1.54) is 0 Å². The first-order valence-corrected chi connectivity index (χ1v) is 6.03. The maximum Gasteiger partial charge on any atom is 0.106 e. The fourth-order valence-electron chi connectivity index (χ4n) is 1.82. The highest BCUT2D eigenvalue weighted by molar-refractivity contribution is 9.10. The van der Waals surface area contributed by atoms with E-state index in [-0.39, 0.29) is 6.10 Å². The lowest BCUT2D eigenvalue weighted by Crippen LogP contribution is -2.36. The molecule has 82 valence electrons. The molecule has 1 aromatic heterocycles. The average molecular weight is 271 g/mol. The highest BCUT2D eigenvalue weighted by atomic mass is 79.9. The van der Waals surface area contributed by atoms with Gasteiger partial charge in [-0.3, -0.25) is 0 Å². The van der Waals surface area contributed by atoms with Gasteiger partial charge in [-0.05, 0) is 53.4 Å². The first-order valence-electron chi connectivity index (χ1n) is 5.24. The van der Waals surface area contributed by atoms with Crippen LogP contribution in [-0.2, 0) is 6.54 Å². The van der Waals surface area contributed by atoms with Gasteiger partial charge >= 0.3 is 0 Å². The summed E-state index contributed by atoms with van der Waals surface area (Å²) >= 11 is 3.34. The van der Waals surface area contributed by atoms with Crippen LogP contribution in [0.3, 0.4) is 0 Å². The van der Waals surface area contributed by atoms with Crippen molar-refractivity contribution in [2.24, 2.45) is 5.92 Å². The van der Waals surface area contributed by atoms with Crippen molar-refractivity contribution in [1.82, 2.24) is 10.3 Å². The van der Waals surface area contributed by atoms with Gasteiger partial charge in [0.05, 0.1) is 11.8 Å². The molecule has 1 fully saturated rings. The fraction of sp³-hybridized carbons (Fsp3) is 0.545. The maximum atomic E-state index is 9.12. The second-order valence-corrected chi connectivity index (χ2v) is 4.89. The van der Waals surface area contributed by atoms with Crippen LogP contribution in [0.25, 0.3) is 0 Å². The summed E-state index contributed by atoms with van der Waals surface area (Å²) in [5.41, 5.74) is 1.05. The van der Waals surface area contributed by atoms with E-state index < -0.39 is 0 Å². The van der Waals surface area contributed by atoms with Gasteiger partial charge in [-0.2, -0.15) is 0 Å². The van der Waals surface area contributed by atoms with Crippen molar-refractivity contribution in [2.45, 2.75) is 25.5 Å². The molecule has 0 radical (unpaired) electrons. The number of nitrogens with zero attached hydrogens (tertiary/aromatic N) is 1. The van der Waals surface area contributed by atoms with Gasteiger partial charge in [0.15, 0.2) is 0 Å². The summed E-state index contributed by atoms with van der Waals surface area (Å²) in [7, 11) is 0. The summed E-state index contributed by atoms with van der Waals surface area (Å²) in [6, 6.07) is 5.92. The van der Waals surface area contributed by atoms with Crippen molar-refractivity contribution in [3.8, 4) is 0 Å². The third kappa shape index (κ3) is 3.26. The first kappa shape index (κ1) is 11.0. The summed E-state index contributed by atoms with van der Waals surface area (Å²) in [6.45, 7) is 1.78. The van der Waals surface area contributed by atoms with Crippen LogP contribution in [0.2, 0.25) is 0 Å². The van der Waals surface area contributed by atoms with E-state index in [4.69, 9.17) is 5.11 Å². The van der Waals surface area contributed by atoms with Crippen molar-refractivity contribution in [3.05, 3.63) is 28.5 Å². The summed E-state index contributed by atoms with van der Waals surface area (Å²) < 4.78 is 0.876. The molecule has 0 aromatic carbocycles. The highest BCUT2D eigenvalue weighted by Gasteiger charge is 2.26. The van der Waals surface area contributed by atoms with Crippen LogP contribution in [0, 0.1) is 5.92 Å². The lowest BCUT2D eigenvalue weighted by molar-refractivity contribution is 0.0429. The van der Waals surface area contributed by atoms with Crippen LogP contribution in [0.1, 0.15) is 18.5 Å². The largest absolute Gasteiger partial charge is 0.393 e. The number of aliphatic hydroxyl groups is 1. The molecule has 2 rings (SSSR count). The predicted molar refractivity (Wildman–Crippen MR) is 62.4 cm³/mol. The van der Waals surface area contributed by atoms with Crippen molar-refractivity contribution >= 4 is 15.9 Å². The molecule has 0 aliphatic heterocycles. The summed E-state index contributed by atoms with van der Waals surface area (Å²) in [5, 5.41) is 12.5. The predicted octanol–water partition coefficient (Wildman–Crippen LogP) is 1.70. The standard InChI is InChI=1S/C11H15BrN2O/c12-11-3-1-2-9(14-11)7-13-6-8-4-10(15)5-8/h1-3,8,10,13,15H,4-7H2. The number of halogens is 1. The van der Waals surface area contributed by atoms with Gasteiger partial charge in [-0.25, -0.2) is 4.98 Å². The van der Waals surface area contributed by atoms with Crippen molar-refractivity contribution in [2.75, 3.05) is 6.54 Å². The molecule has 1 aliphatic carbocycles. The van der Waals surface area contributed by atoms with Gasteiger partial charge in [-0.1, -0.05) is 6.07 Å². The molecule has 0 unspecified atom stereocenters. The zero-order valence-electron chi connectivity index (χ0n) is 8.49.